The minimum absolute atomic E-state index is 0.0196. The van der Waals surface area contributed by atoms with Gasteiger partial charge in [0, 0.05) is 86.6 Å². The Labute approximate surface area is 735 Å². The van der Waals surface area contributed by atoms with Gasteiger partial charge >= 0.3 is 0 Å². The van der Waals surface area contributed by atoms with Crippen molar-refractivity contribution in [2.24, 2.45) is 0 Å². The van der Waals surface area contributed by atoms with Gasteiger partial charge in [0.05, 0.1) is 46.0 Å². The second-order valence-corrected chi connectivity index (χ2v) is 39.5. The van der Waals surface area contributed by atoms with Crippen LogP contribution in [-0.2, 0) is 86.9 Å². The lowest BCUT2D eigenvalue weighted by atomic mass is 9.94. The second-order valence-electron chi connectivity index (χ2n) is 30.4. The molecule has 4 amide bonds. The quantitative estimate of drug-likeness (QED) is 0.0104. The van der Waals surface area contributed by atoms with Gasteiger partial charge in [-0.05, 0) is 219 Å². The number of methoxy groups -OCH3 is 3. The summed E-state index contributed by atoms with van der Waals surface area (Å²) in [6, 6.07) is 56.1. The van der Waals surface area contributed by atoms with Gasteiger partial charge in [-0.2, -0.15) is 0 Å². The van der Waals surface area contributed by atoms with E-state index in [0.29, 0.717) is 97.4 Å². The highest BCUT2D eigenvalue weighted by Crippen LogP contribution is 2.43. The van der Waals surface area contributed by atoms with Crippen LogP contribution in [0, 0.1) is 0 Å². The number of amides is 4. The number of ether oxygens (including phenoxy) is 10. The highest BCUT2D eigenvalue weighted by molar-refractivity contribution is 7.94. The second kappa shape index (κ2) is 45.7. The minimum atomic E-state index is -4.04. The molecular weight excluding hydrogens is 1710 g/mol. The van der Waals surface area contributed by atoms with E-state index in [9.17, 15) is 63.3 Å². The van der Waals surface area contributed by atoms with Crippen molar-refractivity contribution < 1.29 is 121 Å². The molecule has 0 aromatic heterocycles. The number of sulfone groups is 4. The Kier molecular flexibility index (Phi) is 35.7. The maximum atomic E-state index is 13.6. The third-order valence-electron chi connectivity index (χ3n) is 23.3. The Morgan fingerprint density at radius 3 is 0.770 bits per heavy atom. The summed E-state index contributed by atoms with van der Waals surface area (Å²) in [5.74, 6) is -0.707. The number of hydrogen-bond donors (Lipinski definition) is 8. The molecule has 4 heterocycles. The monoisotopic (exact) mass is 1820 g/mol. The average Bonchev–Trinajstić information content (AvgIpc) is 0.778. The van der Waals surface area contributed by atoms with Crippen molar-refractivity contribution in [3.8, 4) is 67.5 Å². The fraction of sp³-hybridized carbons (Fsp3) is 0.422. The number of hydrogen-bond acceptors (Lipinski definition) is 28. The first-order chi connectivity index (χ1) is 60.7. The molecule has 8 aromatic carbocycles. The van der Waals surface area contributed by atoms with Crippen LogP contribution in [-0.4, -0.2) is 253 Å². The number of carbonyl (C=O) groups excluding carboxylic acids is 4. The topological polar surface area (TPSA) is 433 Å². The number of nitrogens with one attached hydrogen (secondary N) is 4. The average molecular weight is 1820 g/mol. The predicted molar refractivity (Wildman–Crippen MR) is 466 cm³/mol. The zero-order valence-corrected chi connectivity index (χ0v) is 74.4. The molecule has 5 fully saturated rings. The molecule has 0 radical (unpaired) electrons. The highest BCUT2D eigenvalue weighted by atomic mass is 32.2. The summed E-state index contributed by atoms with van der Waals surface area (Å²) in [7, 11) is -11.3. The van der Waals surface area contributed by atoms with E-state index in [1.54, 1.807) is 80.8 Å². The van der Waals surface area contributed by atoms with Crippen LogP contribution in [0.2, 0.25) is 0 Å². The SMILES string of the molecule is CCN1CCC(C(=O)NO)(S(=O)(=O)c2ccc(-c3ccc(OCCOC)cc3)cc2)CC1.CCOCCOc1ccc(-c2ccc(S(=O)(=O)C3(C(=O)NO)CCOCC3)cc2)cc1.COCCOc1ccc(-c2ccc(S(=O)(=O)C3(C(=O)NO)CCN(C4CC4)CC3)cc2)cc1.COCCOc1ccc(-c2ccc(S(=O)(=O)C3(C(=O)NO)CCOCC3)cc2)cc1. The summed E-state index contributed by atoms with van der Waals surface area (Å²) in [5.41, 5.74) is 13.2. The number of carbonyl (C=O) groups is 4. The predicted octanol–water partition coefficient (Wildman–Crippen LogP) is 9.97. The van der Waals surface area contributed by atoms with Crippen LogP contribution in [0.3, 0.4) is 0 Å². The molecule has 8 N–H and O–H groups in total. The molecular formula is C90H112N6O26S4. The molecule has 32 nitrogen and oxygen atoms in total. The first-order valence-electron chi connectivity index (χ1n) is 41.4. The summed E-state index contributed by atoms with van der Waals surface area (Å²) in [6.45, 7) is 11.7. The van der Waals surface area contributed by atoms with Gasteiger partial charge in [-0.3, -0.25) is 40.0 Å². The van der Waals surface area contributed by atoms with Crippen LogP contribution in [0.4, 0.5) is 0 Å². The number of hydroxylamine groups is 4. The zero-order chi connectivity index (χ0) is 90.6. The maximum absolute atomic E-state index is 13.6. The molecule has 1 aliphatic carbocycles. The van der Waals surface area contributed by atoms with Crippen LogP contribution in [0.15, 0.2) is 214 Å². The van der Waals surface area contributed by atoms with Crippen molar-refractivity contribution >= 4 is 63.0 Å². The summed E-state index contributed by atoms with van der Waals surface area (Å²) in [5, 5.41) is 36.9. The molecule has 126 heavy (non-hydrogen) atoms. The first-order valence-corrected chi connectivity index (χ1v) is 47.4. The van der Waals surface area contributed by atoms with Crippen LogP contribution in [0.25, 0.3) is 44.5 Å². The molecule has 4 saturated heterocycles. The molecule has 0 atom stereocenters. The lowest BCUT2D eigenvalue weighted by Gasteiger charge is -2.39. The highest BCUT2D eigenvalue weighted by Gasteiger charge is 2.57. The third-order valence-corrected chi connectivity index (χ3v) is 33.3. The van der Waals surface area contributed by atoms with Crippen LogP contribution >= 0.6 is 0 Å². The van der Waals surface area contributed by atoms with Gasteiger partial charge in [0.25, 0.3) is 23.6 Å². The van der Waals surface area contributed by atoms with Gasteiger partial charge in [-0.15, -0.1) is 0 Å². The number of piperidine rings is 2. The number of benzene rings is 8. The molecule has 5 aliphatic rings. The Balaban J connectivity index is 0.000000175. The molecule has 682 valence electrons. The smallest absolute Gasteiger partial charge is 0.265 e. The number of rotatable bonds is 35. The Bertz CT molecular complexity index is 5300. The molecule has 0 spiro atoms. The Morgan fingerprint density at radius 2 is 0.556 bits per heavy atom. The zero-order valence-electron chi connectivity index (χ0n) is 71.1. The summed E-state index contributed by atoms with van der Waals surface area (Å²) in [6.07, 6.45) is 2.73. The van der Waals surface area contributed by atoms with Gasteiger partial charge in [-0.25, -0.2) is 55.6 Å². The van der Waals surface area contributed by atoms with Crippen molar-refractivity contribution in [3.63, 3.8) is 0 Å². The van der Waals surface area contributed by atoms with Crippen molar-refractivity contribution in [1.29, 1.82) is 0 Å². The van der Waals surface area contributed by atoms with Crippen molar-refractivity contribution in [2.75, 3.05) is 140 Å². The van der Waals surface area contributed by atoms with E-state index in [1.165, 1.54) is 59.5 Å². The van der Waals surface area contributed by atoms with Crippen LogP contribution < -0.4 is 40.9 Å². The fourth-order valence-corrected chi connectivity index (χ4v) is 23.3. The van der Waals surface area contributed by atoms with E-state index in [0.717, 1.165) is 81.1 Å². The first kappa shape index (κ1) is 98.3. The minimum Gasteiger partial charge on any atom is -0.491 e. The largest absolute Gasteiger partial charge is 0.491 e. The number of likely N-dealkylation sites (tertiary alicyclic amines) is 2. The van der Waals surface area contributed by atoms with E-state index < -0.39 is 82.0 Å². The molecule has 1 saturated carbocycles. The van der Waals surface area contributed by atoms with Crippen molar-refractivity contribution in [2.45, 2.75) is 123 Å². The molecule has 4 aliphatic heterocycles. The summed E-state index contributed by atoms with van der Waals surface area (Å²) < 4.78 is 153. The summed E-state index contributed by atoms with van der Waals surface area (Å²) >= 11 is 0. The maximum Gasteiger partial charge on any atom is 0.265 e. The van der Waals surface area contributed by atoms with Gasteiger partial charge in [0.2, 0.25) is 0 Å². The van der Waals surface area contributed by atoms with E-state index >= 15 is 0 Å². The molecule has 0 unspecified atom stereocenters. The van der Waals surface area contributed by atoms with Crippen molar-refractivity contribution in [1.82, 2.24) is 31.7 Å². The van der Waals surface area contributed by atoms with Crippen LogP contribution in [0.5, 0.6) is 23.0 Å². The van der Waals surface area contributed by atoms with Gasteiger partial charge in [0.1, 0.15) is 49.4 Å². The lowest BCUT2D eigenvalue weighted by Crippen LogP contribution is -2.58. The molecule has 8 aromatic rings. The van der Waals surface area contributed by atoms with E-state index in [-0.39, 0.29) is 97.4 Å². The summed E-state index contributed by atoms with van der Waals surface area (Å²) in [4.78, 5) is 54.3. The Morgan fingerprint density at radius 1 is 0.333 bits per heavy atom. The lowest BCUT2D eigenvalue weighted by molar-refractivity contribution is -0.135. The molecule has 13 rings (SSSR count). The number of nitrogens with zero attached hydrogens (tertiary/aromatic N) is 2. The molecule has 0 bridgehead atoms. The van der Waals surface area contributed by atoms with Gasteiger partial charge < -0.3 is 57.2 Å². The van der Waals surface area contributed by atoms with Gasteiger partial charge in [-0.1, -0.05) is 104 Å². The Hall–Kier alpha value is -9.84. The molecule has 36 heteroatoms. The normalized spacial score (nSPS) is 16.8. The fourth-order valence-electron chi connectivity index (χ4n) is 15.5. The third kappa shape index (κ3) is 23.0. The van der Waals surface area contributed by atoms with E-state index in [1.807, 2.05) is 111 Å². The van der Waals surface area contributed by atoms with Crippen LogP contribution in [0.1, 0.15) is 78.1 Å². The van der Waals surface area contributed by atoms with E-state index in [4.69, 9.17) is 57.8 Å². The van der Waals surface area contributed by atoms with Crippen molar-refractivity contribution in [3.05, 3.63) is 194 Å². The van der Waals surface area contributed by atoms with E-state index in [2.05, 4.69) is 9.80 Å². The standard InChI is InChI=1S/C24H30N2O6S.C23H30N2O6S.C22H27NO7S.C21H25NO7S/c1-31-16-17-32-21-8-2-18(3-9-21)19-4-10-22(11-5-19)33(29,30)24(23(27)25-28)12-14-26(15-13-24)20-6-7-20;1-3-25-14-12-23(13-15-25,22(26)24-27)32(28,29)21-10-6-19(7-11-21)18-4-8-20(9-5-18)31-17-16-30-2;1-2-28-15-16-30-19-7-3-17(4-8-19)18-5-9-20(10-6-18)31(26,27)22(21(24)23-25)11-13-29-14-12-22;1-27-14-15-29-18-6-2-16(3-7-18)17-4-8-19(9-5-17)30(25,26)21(20(23)22-24)10-12-28-13-11-21/h2-5,8-11,20,28H,6-7,12-17H2,1H3,(H,25,27);4-11,27H,3,12-17H2,1-2H3,(H,24,26);3-10,25H,2,11-16H2,1H3,(H,23,24);2-9,24H,10-15H2,1H3,(H,22,23). The van der Waals surface area contributed by atoms with Gasteiger partial charge in [0.15, 0.2) is 58.3 Å².